The number of aryl methyl sites for hydroxylation is 1. The van der Waals surface area contributed by atoms with Crippen molar-refractivity contribution in [1.29, 1.82) is 0 Å². The van der Waals surface area contributed by atoms with E-state index in [1.807, 2.05) is 52.3 Å². The lowest BCUT2D eigenvalue weighted by atomic mass is 10.0. The number of amides is 2. The number of rotatable bonds is 9. The van der Waals surface area contributed by atoms with Crippen LogP contribution in [-0.2, 0) is 20.7 Å². The molecule has 0 saturated carbocycles. The van der Waals surface area contributed by atoms with Crippen molar-refractivity contribution >= 4 is 34.1 Å². The fourth-order valence-corrected chi connectivity index (χ4v) is 6.93. The number of nitrogens with zero attached hydrogens (tertiary/aromatic N) is 7. The van der Waals surface area contributed by atoms with E-state index in [0.29, 0.717) is 37.6 Å². The van der Waals surface area contributed by atoms with Gasteiger partial charge in [-0.25, -0.2) is 9.97 Å². The summed E-state index contributed by atoms with van der Waals surface area (Å²) >= 11 is 0. The van der Waals surface area contributed by atoms with E-state index in [4.69, 9.17) is 4.74 Å². The van der Waals surface area contributed by atoms with Crippen molar-refractivity contribution in [3.05, 3.63) is 84.9 Å². The molecule has 252 valence electrons. The summed E-state index contributed by atoms with van der Waals surface area (Å²) in [4.78, 5) is 46.7. The molecular formula is C37H41N9O3. The molecule has 2 amide bonds. The van der Waals surface area contributed by atoms with Crippen LogP contribution in [0.25, 0.3) is 33.5 Å². The molecule has 2 aromatic carbocycles. The topological polar surface area (TPSA) is 132 Å². The maximum Gasteiger partial charge on any atom is 0.258 e. The van der Waals surface area contributed by atoms with Gasteiger partial charge in [0, 0.05) is 98.0 Å². The normalized spacial score (nSPS) is 19.8. The van der Waals surface area contributed by atoms with Crippen LogP contribution in [-0.4, -0.2) is 105 Å². The maximum atomic E-state index is 13.7. The number of carbonyl (C=O) groups is 2. The number of aromatic amines is 1. The number of ether oxygens (including phenoxy) is 1. The van der Waals surface area contributed by atoms with Crippen molar-refractivity contribution in [2.45, 2.75) is 38.3 Å². The van der Waals surface area contributed by atoms with Crippen LogP contribution in [0.15, 0.2) is 79.3 Å². The Bertz CT molecular complexity index is 1950. The number of H-pyrrole nitrogens is 1. The predicted octanol–water partition coefficient (Wildman–Crippen LogP) is 4.41. The van der Waals surface area contributed by atoms with Gasteiger partial charge in [0.1, 0.15) is 5.69 Å². The van der Waals surface area contributed by atoms with Crippen LogP contribution >= 0.6 is 0 Å². The van der Waals surface area contributed by atoms with Crippen LogP contribution in [0.3, 0.4) is 0 Å². The first kappa shape index (κ1) is 32.4. The lowest BCUT2D eigenvalue weighted by Crippen LogP contribution is -2.56. The minimum absolute atomic E-state index is 0.0416. The Morgan fingerprint density at radius 3 is 2.55 bits per heavy atom. The average molecular weight is 660 g/mol. The molecule has 2 saturated heterocycles. The molecule has 0 radical (unpaired) electrons. The molecule has 2 aliphatic rings. The molecule has 2 atom stereocenters. The van der Waals surface area contributed by atoms with E-state index >= 15 is 0 Å². The molecule has 7 rings (SSSR count). The Morgan fingerprint density at radius 1 is 0.980 bits per heavy atom. The third-order valence-electron chi connectivity index (χ3n) is 9.75. The molecule has 2 aliphatic heterocycles. The SMILES string of the molecule is CCc1cc(-c2n[nH]c3ccc(NC(=O)[C@]4(OC)CCN(CC(=O)N5CCN(c6ccc(-c7ncccn7)cc6)C[C@H]5C)C4)cc23)ccn1. The van der Waals surface area contributed by atoms with Crippen LogP contribution in [0.2, 0.25) is 0 Å². The molecule has 0 unspecified atom stereocenters. The van der Waals surface area contributed by atoms with Crippen LogP contribution in [0.4, 0.5) is 11.4 Å². The summed E-state index contributed by atoms with van der Waals surface area (Å²) in [5.41, 5.74) is 5.32. The van der Waals surface area contributed by atoms with Gasteiger partial charge in [0.25, 0.3) is 5.91 Å². The Kier molecular flexibility index (Phi) is 9.07. The zero-order valence-corrected chi connectivity index (χ0v) is 28.1. The molecule has 12 heteroatoms. The number of benzene rings is 2. The van der Waals surface area contributed by atoms with Gasteiger partial charge in [0.2, 0.25) is 5.91 Å². The lowest BCUT2D eigenvalue weighted by molar-refractivity contribution is -0.138. The van der Waals surface area contributed by atoms with Crippen molar-refractivity contribution in [2.24, 2.45) is 0 Å². The number of hydrogen-bond donors (Lipinski definition) is 2. The second kappa shape index (κ2) is 13.7. The van der Waals surface area contributed by atoms with Crippen molar-refractivity contribution in [3.8, 4) is 22.6 Å². The molecule has 12 nitrogen and oxygen atoms in total. The molecule has 0 bridgehead atoms. The number of carbonyl (C=O) groups excluding carboxylic acids is 2. The molecule has 0 spiro atoms. The first-order chi connectivity index (χ1) is 23.9. The molecule has 5 aromatic rings. The fraction of sp³-hybridized carbons (Fsp3) is 0.351. The summed E-state index contributed by atoms with van der Waals surface area (Å²) in [6.07, 6.45) is 6.60. The highest BCUT2D eigenvalue weighted by Crippen LogP contribution is 2.31. The number of pyridine rings is 1. The molecule has 49 heavy (non-hydrogen) atoms. The van der Waals surface area contributed by atoms with Crippen LogP contribution in [0.5, 0.6) is 0 Å². The Labute approximate surface area is 285 Å². The number of anilines is 2. The van der Waals surface area contributed by atoms with E-state index < -0.39 is 5.60 Å². The molecule has 3 aromatic heterocycles. The van der Waals surface area contributed by atoms with Crippen LogP contribution in [0, 0.1) is 0 Å². The van der Waals surface area contributed by atoms with E-state index in [2.05, 4.69) is 61.3 Å². The standard InChI is InChI=1S/C37H41N9O3/c1-4-28-20-27(12-16-38-28)34-31-21-29(8-11-32(31)42-43-34)41-36(48)37(49-3)13-17-44(24-37)23-33(47)46-19-18-45(22-25(46)2)30-9-6-26(7-10-30)35-39-14-5-15-40-35/h5-12,14-16,20-21,25H,4,13,17-19,22-24H2,1-3H3,(H,41,48)(H,42,43)/t25-,37+/m1/s1. The highest BCUT2D eigenvalue weighted by Gasteiger charge is 2.46. The van der Waals surface area contributed by atoms with Gasteiger partial charge in [-0.2, -0.15) is 5.10 Å². The summed E-state index contributed by atoms with van der Waals surface area (Å²) < 4.78 is 5.88. The largest absolute Gasteiger partial charge is 0.368 e. The Morgan fingerprint density at radius 2 is 1.80 bits per heavy atom. The van der Waals surface area contributed by atoms with Gasteiger partial charge >= 0.3 is 0 Å². The van der Waals surface area contributed by atoms with E-state index in [-0.39, 0.29) is 24.4 Å². The summed E-state index contributed by atoms with van der Waals surface area (Å²) in [6, 6.07) is 19.8. The van der Waals surface area contributed by atoms with Gasteiger partial charge in [-0.3, -0.25) is 24.6 Å². The van der Waals surface area contributed by atoms with E-state index in [0.717, 1.165) is 58.6 Å². The zero-order chi connectivity index (χ0) is 34.0. The van der Waals surface area contributed by atoms with Gasteiger partial charge in [-0.1, -0.05) is 6.92 Å². The van der Waals surface area contributed by atoms with Gasteiger partial charge < -0.3 is 19.9 Å². The Hall–Kier alpha value is -5.20. The lowest BCUT2D eigenvalue weighted by Gasteiger charge is -2.41. The number of likely N-dealkylation sites (tertiary alicyclic amines) is 1. The van der Waals surface area contributed by atoms with Gasteiger partial charge in [-0.15, -0.1) is 0 Å². The van der Waals surface area contributed by atoms with E-state index in [1.165, 1.54) is 0 Å². The summed E-state index contributed by atoms with van der Waals surface area (Å²) in [6.45, 7) is 7.43. The first-order valence-corrected chi connectivity index (χ1v) is 16.8. The Balaban J connectivity index is 0.960. The zero-order valence-electron chi connectivity index (χ0n) is 28.1. The third-order valence-corrected chi connectivity index (χ3v) is 9.75. The maximum absolute atomic E-state index is 13.7. The number of methoxy groups -OCH3 is 1. The molecule has 5 heterocycles. The number of fused-ring (bicyclic) bond motifs is 1. The van der Waals surface area contributed by atoms with E-state index in [9.17, 15) is 9.59 Å². The highest BCUT2D eigenvalue weighted by molar-refractivity contribution is 6.01. The van der Waals surface area contributed by atoms with Crippen LogP contribution in [0.1, 0.15) is 26.0 Å². The van der Waals surface area contributed by atoms with Gasteiger partial charge in [0.05, 0.1) is 12.1 Å². The van der Waals surface area contributed by atoms with Crippen LogP contribution < -0.4 is 10.2 Å². The minimum Gasteiger partial charge on any atom is -0.368 e. The number of aromatic nitrogens is 5. The first-order valence-electron chi connectivity index (χ1n) is 16.8. The predicted molar refractivity (Wildman–Crippen MR) is 189 cm³/mol. The van der Waals surface area contributed by atoms with Crippen molar-refractivity contribution in [1.82, 2.24) is 34.9 Å². The quantitative estimate of drug-likeness (QED) is 0.236. The highest BCUT2D eigenvalue weighted by atomic mass is 16.5. The van der Waals surface area contributed by atoms with Crippen molar-refractivity contribution in [2.75, 3.05) is 56.6 Å². The second-order valence-electron chi connectivity index (χ2n) is 12.8. The number of piperazine rings is 1. The van der Waals surface area contributed by atoms with Crippen molar-refractivity contribution in [3.63, 3.8) is 0 Å². The average Bonchev–Trinajstić information content (AvgIpc) is 3.77. The molecule has 0 aliphatic carbocycles. The monoisotopic (exact) mass is 659 g/mol. The fourth-order valence-electron chi connectivity index (χ4n) is 6.93. The molecular weight excluding hydrogens is 618 g/mol. The summed E-state index contributed by atoms with van der Waals surface area (Å²) in [5.74, 6) is 0.543. The molecule has 2 fully saturated rings. The smallest absolute Gasteiger partial charge is 0.258 e. The van der Waals surface area contributed by atoms with Gasteiger partial charge in [-0.05, 0) is 80.4 Å². The second-order valence-corrected chi connectivity index (χ2v) is 12.8. The van der Waals surface area contributed by atoms with Gasteiger partial charge in [0.15, 0.2) is 11.4 Å². The summed E-state index contributed by atoms with van der Waals surface area (Å²) in [5, 5.41) is 11.6. The van der Waals surface area contributed by atoms with E-state index in [1.54, 1.807) is 31.8 Å². The number of nitrogens with one attached hydrogen (secondary N) is 2. The van der Waals surface area contributed by atoms with Crippen molar-refractivity contribution < 1.29 is 14.3 Å². The molecule has 2 N–H and O–H groups in total. The number of hydrogen-bond acceptors (Lipinski definition) is 9. The third kappa shape index (κ3) is 6.61. The summed E-state index contributed by atoms with van der Waals surface area (Å²) in [7, 11) is 1.57. The minimum atomic E-state index is -1.06.